The fraction of sp³-hybridized carbons (Fsp3) is 0.560. The zero-order valence-electron chi connectivity index (χ0n) is 19.7. The molecular weight excluding hydrogens is 440 g/mol. The third-order valence-corrected chi connectivity index (χ3v) is 5.96. The molecule has 2 N–H and O–H groups in total. The molecule has 1 fully saturated rings. The minimum atomic E-state index is -0.600. The zero-order chi connectivity index (χ0) is 24.3. The molecule has 186 valence electrons. The van der Waals surface area contributed by atoms with Crippen LogP contribution in [0.2, 0.25) is 0 Å². The van der Waals surface area contributed by atoms with Gasteiger partial charge in [-0.15, -0.1) is 0 Å². The fourth-order valence-corrected chi connectivity index (χ4v) is 4.06. The van der Waals surface area contributed by atoms with Crippen LogP contribution in [-0.4, -0.2) is 74.0 Å². The Morgan fingerprint density at radius 1 is 1.21 bits per heavy atom. The molecule has 2 amide bonds. The van der Waals surface area contributed by atoms with Crippen LogP contribution in [0.3, 0.4) is 0 Å². The van der Waals surface area contributed by atoms with Gasteiger partial charge in [0, 0.05) is 45.0 Å². The predicted molar refractivity (Wildman–Crippen MR) is 124 cm³/mol. The van der Waals surface area contributed by atoms with Crippen molar-refractivity contribution in [3.05, 3.63) is 47.2 Å². The van der Waals surface area contributed by atoms with Crippen LogP contribution in [-0.2, 0) is 23.8 Å². The number of ether oxygens (including phenoxy) is 3. The van der Waals surface area contributed by atoms with Crippen molar-refractivity contribution in [2.24, 2.45) is 0 Å². The Morgan fingerprint density at radius 2 is 2.00 bits per heavy atom. The summed E-state index contributed by atoms with van der Waals surface area (Å²) in [5.74, 6) is -0.502. The summed E-state index contributed by atoms with van der Waals surface area (Å²) in [6.45, 7) is 2.36. The minimum absolute atomic E-state index is 0.0979. The molecule has 9 nitrogen and oxygen atoms in total. The molecular formula is C25H34N2O7. The highest BCUT2D eigenvalue weighted by Crippen LogP contribution is 2.32. The Bertz CT molecular complexity index is 869. The number of unbranched alkanes of at least 4 members (excludes halogenated alkanes) is 1. The van der Waals surface area contributed by atoms with E-state index in [-0.39, 0.29) is 30.1 Å². The number of allylic oxidation sites excluding steroid dienone is 1. The number of hydrogen-bond donors (Lipinski definition) is 2. The number of rotatable bonds is 12. The number of amides is 2. The van der Waals surface area contributed by atoms with Crippen LogP contribution < -0.4 is 5.32 Å². The largest absolute Gasteiger partial charge is 0.465 e. The highest BCUT2D eigenvalue weighted by Gasteiger charge is 2.29. The van der Waals surface area contributed by atoms with Gasteiger partial charge in [0.15, 0.2) is 5.76 Å². The third-order valence-electron chi connectivity index (χ3n) is 5.96. The number of benzene rings is 1. The van der Waals surface area contributed by atoms with E-state index < -0.39 is 12.3 Å². The van der Waals surface area contributed by atoms with Gasteiger partial charge in [-0.3, -0.25) is 9.59 Å². The maximum Gasteiger partial charge on any atom is 0.337 e. The molecule has 1 aromatic rings. The summed E-state index contributed by atoms with van der Waals surface area (Å²) in [5.41, 5.74) is 1.38. The van der Waals surface area contributed by atoms with Crippen LogP contribution in [0.5, 0.6) is 0 Å². The number of aliphatic hydroxyl groups excluding tert-OH is 1. The van der Waals surface area contributed by atoms with E-state index in [1.807, 2.05) is 17.0 Å². The fourth-order valence-electron chi connectivity index (χ4n) is 4.06. The van der Waals surface area contributed by atoms with Crippen molar-refractivity contribution in [1.29, 1.82) is 0 Å². The van der Waals surface area contributed by atoms with E-state index in [0.717, 1.165) is 18.5 Å². The lowest BCUT2D eigenvalue weighted by molar-refractivity contribution is -0.146. The number of nitrogens with zero attached hydrogens (tertiary/aromatic N) is 1. The van der Waals surface area contributed by atoms with Gasteiger partial charge in [0.05, 0.1) is 19.3 Å². The summed E-state index contributed by atoms with van der Waals surface area (Å²) in [4.78, 5) is 38.1. The SMILES string of the molecule is COC(=O)c1ccc(C2C=C(C(=O)NCCCN3CCCC3=O)OC(OCCCCO)C2)cc1. The maximum absolute atomic E-state index is 12.8. The Hall–Kier alpha value is -2.91. The second-order valence-corrected chi connectivity index (χ2v) is 8.43. The number of hydrogen-bond acceptors (Lipinski definition) is 7. The smallest absolute Gasteiger partial charge is 0.337 e. The average Bonchev–Trinajstić information content (AvgIpc) is 3.28. The van der Waals surface area contributed by atoms with Crippen molar-refractivity contribution in [2.75, 3.05) is 40.0 Å². The van der Waals surface area contributed by atoms with Crippen molar-refractivity contribution in [3.8, 4) is 0 Å². The molecule has 0 aromatic heterocycles. The van der Waals surface area contributed by atoms with Gasteiger partial charge in [-0.2, -0.15) is 0 Å². The Kier molecular flexibility index (Phi) is 9.90. The Labute approximate surface area is 200 Å². The molecule has 2 aliphatic heterocycles. The molecule has 34 heavy (non-hydrogen) atoms. The molecule has 0 spiro atoms. The van der Waals surface area contributed by atoms with Gasteiger partial charge in [0.25, 0.3) is 5.91 Å². The molecule has 2 unspecified atom stereocenters. The minimum Gasteiger partial charge on any atom is -0.465 e. The Balaban J connectivity index is 1.62. The van der Waals surface area contributed by atoms with Gasteiger partial charge >= 0.3 is 5.97 Å². The molecule has 0 bridgehead atoms. The first-order chi connectivity index (χ1) is 16.5. The molecule has 9 heteroatoms. The average molecular weight is 475 g/mol. The van der Waals surface area contributed by atoms with E-state index in [1.165, 1.54) is 7.11 Å². The van der Waals surface area contributed by atoms with Crippen LogP contribution in [0.25, 0.3) is 0 Å². The summed E-state index contributed by atoms with van der Waals surface area (Å²) in [5, 5.41) is 11.8. The van der Waals surface area contributed by atoms with Gasteiger partial charge in [-0.05, 0) is 49.5 Å². The standard InChI is InChI=1S/C25H34N2O7/c1-32-25(31)19-9-7-18(8-10-19)20-16-21(34-23(17-20)33-15-3-2-14-28)24(30)26-11-5-13-27-12-4-6-22(27)29/h7-10,16,20,23,28H,2-6,11-15,17H2,1H3,(H,26,30). The van der Waals surface area contributed by atoms with E-state index in [1.54, 1.807) is 18.2 Å². The summed E-state index contributed by atoms with van der Waals surface area (Å²) in [7, 11) is 1.34. The number of likely N-dealkylation sites (tertiary alicyclic amines) is 1. The molecule has 1 saturated heterocycles. The molecule has 1 aromatic carbocycles. The number of carbonyl (C=O) groups excluding carboxylic acids is 3. The quantitative estimate of drug-likeness (QED) is 0.352. The second-order valence-electron chi connectivity index (χ2n) is 8.43. The Morgan fingerprint density at radius 3 is 2.68 bits per heavy atom. The predicted octanol–water partition coefficient (Wildman–Crippen LogP) is 2.10. The molecule has 0 saturated carbocycles. The maximum atomic E-state index is 12.8. The summed E-state index contributed by atoms with van der Waals surface area (Å²) in [6, 6.07) is 7.07. The van der Waals surface area contributed by atoms with Gasteiger partial charge in [0.1, 0.15) is 0 Å². The molecule has 2 aliphatic rings. The summed E-state index contributed by atoms with van der Waals surface area (Å²) >= 11 is 0. The van der Waals surface area contributed by atoms with Gasteiger partial charge in [0.2, 0.25) is 12.2 Å². The van der Waals surface area contributed by atoms with Crippen LogP contribution >= 0.6 is 0 Å². The van der Waals surface area contributed by atoms with Crippen LogP contribution in [0, 0.1) is 0 Å². The summed E-state index contributed by atoms with van der Waals surface area (Å²) < 4.78 is 16.4. The van der Waals surface area contributed by atoms with Crippen molar-refractivity contribution < 1.29 is 33.7 Å². The van der Waals surface area contributed by atoms with E-state index in [2.05, 4.69) is 5.32 Å². The van der Waals surface area contributed by atoms with Crippen LogP contribution in [0.15, 0.2) is 36.1 Å². The monoisotopic (exact) mass is 474 g/mol. The normalized spacial score (nSPS) is 20.0. The van der Waals surface area contributed by atoms with Crippen LogP contribution in [0.4, 0.5) is 0 Å². The van der Waals surface area contributed by atoms with Gasteiger partial charge in [-0.1, -0.05) is 12.1 Å². The first-order valence-corrected chi connectivity index (χ1v) is 11.9. The first kappa shape index (κ1) is 25.7. The van der Waals surface area contributed by atoms with Crippen molar-refractivity contribution in [1.82, 2.24) is 10.2 Å². The molecule has 3 rings (SSSR count). The molecule has 2 heterocycles. The number of carbonyl (C=O) groups is 3. The highest BCUT2D eigenvalue weighted by atomic mass is 16.7. The van der Waals surface area contributed by atoms with Gasteiger partial charge < -0.3 is 29.5 Å². The molecule has 0 radical (unpaired) electrons. The van der Waals surface area contributed by atoms with E-state index >= 15 is 0 Å². The lowest BCUT2D eigenvalue weighted by atomic mass is 9.92. The third kappa shape index (κ3) is 7.30. The van der Waals surface area contributed by atoms with E-state index in [9.17, 15) is 14.4 Å². The zero-order valence-corrected chi connectivity index (χ0v) is 19.7. The van der Waals surface area contributed by atoms with Crippen molar-refractivity contribution >= 4 is 17.8 Å². The van der Waals surface area contributed by atoms with Gasteiger partial charge in [-0.25, -0.2) is 4.79 Å². The lowest BCUT2D eigenvalue weighted by Crippen LogP contribution is -2.35. The van der Waals surface area contributed by atoms with Crippen LogP contribution in [0.1, 0.15) is 60.4 Å². The number of methoxy groups -OCH3 is 1. The van der Waals surface area contributed by atoms with E-state index in [4.69, 9.17) is 19.3 Å². The molecule has 0 aliphatic carbocycles. The second kappa shape index (κ2) is 13.1. The number of nitrogens with one attached hydrogen (secondary N) is 1. The van der Waals surface area contributed by atoms with Crippen molar-refractivity contribution in [3.63, 3.8) is 0 Å². The lowest BCUT2D eigenvalue weighted by Gasteiger charge is -2.29. The van der Waals surface area contributed by atoms with Crippen molar-refractivity contribution in [2.45, 2.75) is 50.7 Å². The first-order valence-electron chi connectivity index (χ1n) is 11.9. The number of esters is 1. The highest BCUT2D eigenvalue weighted by molar-refractivity contribution is 5.92. The van der Waals surface area contributed by atoms with E-state index in [0.29, 0.717) is 57.4 Å². The molecule has 2 atom stereocenters. The summed E-state index contributed by atoms with van der Waals surface area (Å²) in [6.07, 6.45) is 5.19. The number of aliphatic hydroxyl groups is 1. The topological polar surface area (TPSA) is 114 Å².